The predicted molar refractivity (Wildman–Crippen MR) is 96.2 cm³/mol. The van der Waals surface area contributed by atoms with Crippen molar-refractivity contribution in [2.24, 2.45) is 0 Å². The topological polar surface area (TPSA) is 69.6 Å². The Morgan fingerprint density at radius 3 is 2.28 bits per heavy atom. The van der Waals surface area contributed by atoms with Gasteiger partial charge in [0, 0.05) is 0 Å². The lowest BCUT2D eigenvalue weighted by Crippen LogP contribution is -2.59. The zero-order chi connectivity index (χ0) is 17.7. The van der Waals surface area contributed by atoms with Crippen molar-refractivity contribution >= 4 is 11.9 Å². The van der Waals surface area contributed by atoms with Gasteiger partial charge >= 0.3 is 5.97 Å². The number of carbonyl (C=O) groups excluding carboxylic acids is 1. The Bertz CT molecular complexity index is 590. The minimum Gasteiger partial charge on any atom is -0.481 e. The van der Waals surface area contributed by atoms with E-state index in [0.29, 0.717) is 0 Å². The van der Waals surface area contributed by atoms with Gasteiger partial charge in [-0.15, -0.1) is 0 Å². The van der Waals surface area contributed by atoms with Gasteiger partial charge in [0.05, 0.1) is 12.5 Å². The predicted octanol–water partition coefficient (Wildman–Crippen LogP) is 3.12. The average molecular weight is 344 g/mol. The number of likely N-dealkylation sites (tertiary alicyclic amines) is 1. The molecular formula is C20H28N2O3. The van der Waals surface area contributed by atoms with E-state index >= 15 is 0 Å². The molecule has 0 unspecified atom stereocenters. The molecule has 2 N–H and O–H groups in total. The molecule has 1 atom stereocenters. The molecule has 1 saturated carbocycles. The molecule has 0 bridgehead atoms. The van der Waals surface area contributed by atoms with Crippen molar-refractivity contribution in [3.05, 3.63) is 35.9 Å². The van der Waals surface area contributed by atoms with Crippen molar-refractivity contribution < 1.29 is 14.7 Å². The van der Waals surface area contributed by atoms with Gasteiger partial charge in [-0.2, -0.15) is 0 Å². The Morgan fingerprint density at radius 2 is 1.68 bits per heavy atom. The zero-order valence-corrected chi connectivity index (χ0v) is 14.7. The number of rotatable bonds is 6. The second-order valence-electron chi connectivity index (χ2n) is 7.32. The zero-order valence-electron chi connectivity index (χ0n) is 14.7. The third-order valence-electron chi connectivity index (χ3n) is 5.70. The molecule has 25 heavy (non-hydrogen) atoms. The summed E-state index contributed by atoms with van der Waals surface area (Å²) in [5, 5.41) is 12.4. The summed E-state index contributed by atoms with van der Waals surface area (Å²) in [6.45, 7) is 1.95. The van der Waals surface area contributed by atoms with E-state index in [2.05, 4.69) is 10.2 Å². The fourth-order valence-corrected chi connectivity index (χ4v) is 4.37. The number of nitrogens with zero attached hydrogens (tertiary/aromatic N) is 1. The Labute approximate surface area is 149 Å². The van der Waals surface area contributed by atoms with Gasteiger partial charge in [-0.05, 0) is 44.3 Å². The van der Waals surface area contributed by atoms with Crippen molar-refractivity contribution in [1.29, 1.82) is 0 Å². The molecule has 0 aromatic heterocycles. The maximum absolute atomic E-state index is 13.3. The number of nitrogens with one attached hydrogen (secondary N) is 1. The van der Waals surface area contributed by atoms with Crippen LogP contribution < -0.4 is 5.32 Å². The van der Waals surface area contributed by atoms with E-state index in [4.69, 9.17) is 0 Å². The fourth-order valence-electron chi connectivity index (χ4n) is 4.37. The molecule has 1 aliphatic carbocycles. The Balaban J connectivity index is 1.81. The van der Waals surface area contributed by atoms with Crippen LogP contribution in [0.1, 0.15) is 63.0 Å². The summed E-state index contributed by atoms with van der Waals surface area (Å²) in [5.41, 5.74) is 0.408. The lowest BCUT2D eigenvalue weighted by Gasteiger charge is -2.44. The van der Waals surface area contributed by atoms with Crippen molar-refractivity contribution in [2.45, 2.75) is 62.9 Å². The molecule has 136 valence electrons. The molecule has 5 nitrogen and oxygen atoms in total. The van der Waals surface area contributed by atoms with E-state index in [1.807, 2.05) is 30.3 Å². The molecule has 2 fully saturated rings. The first-order valence-electron chi connectivity index (χ1n) is 9.44. The van der Waals surface area contributed by atoms with Crippen LogP contribution in [0.25, 0.3) is 0 Å². The smallest absolute Gasteiger partial charge is 0.305 e. The normalized spacial score (nSPS) is 21.6. The molecule has 3 rings (SSSR count). The van der Waals surface area contributed by atoms with Crippen LogP contribution in [0.4, 0.5) is 0 Å². The summed E-state index contributed by atoms with van der Waals surface area (Å²) in [4.78, 5) is 27.0. The van der Waals surface area contributed by atoms with E-state index in [1.165, 1.54) is 6.42 Å². The van der Waals surface area contributed by atoms with Crippen molar-refractivity contribution in [2.75, 3.05) is 13.1 Å². The van der Waals surface area contributed by atoms with Crippen LogP contribution in [0, 0.1) is 0 Å². The molecule has 0 spiro atoms. The highest BCUT2D eigenvalue weighted by atomic mass is 16.4. The molecular weight excluding hydrogens is 316 g/mol. The highest BCUT2D eigenvalue weighted by Gasteiger charge is 2.46. The van der Waals surface area contributed by atoms with Crippen LogP contribution in [0.15, 0.2) is 30.3 Å². The summed E-state index contributed by atoms with van der Waals surface area (Å²) in [6, 6.07) is 8.96. The lowest BCUT2D eigenvalue weighted by atomic mass is 9.79. The number of carboxylic acid groups (broad SMARTS) is 1. The van der Waals surface area contributed by atoms with E-state index < -0.39 is 17.6 Å². The SMILES string of the molecule is O=C(O)C[C@@H](NC(=O)C1(N2CCCC2)CCCCC1)c1ccccc1. The average Bonchev–Trinajstić information content (AvgIpc) is 3.17. The third-order valence-corrected chi connectivity index (χ3v) is 5.70. The molecule has 1 aromatic carbocycles. The molecule has 5 heteroatoms. The molecule has 1 heterocycles. The molecule has 2 aliphatic rings. The van der Waals surface area contributed by atoms with E-state index in [9.17, 15) is 14.7 Å². The monoisotopic (exact) mass is 344 g/mol. The van der Waals surface area contributed by atoms with Gasteiger partial charge in [0.25, 0.3) is 0 Å². The first-order chi connectivity index (χ1) is 12.1. The quantitative estimate of drug-likeness (QED) is 0.832. The number of amides is 1. The van der Waals surface area contributed by atoms with Gasteiger partial charge in [0.15, 0.2) is 0 Å². The number of hydrogen-bond donors (Lipinski definition) is 2. The van der Waals surface area contributed by atoms with Gasteiger partial charge in [0.2, 0.25) is 5.91 Å². The van der Waals surface area contributed by atoms with Gasteiger partial charge in [-0.3, -0.25) is 14.5 Å². The Kier molecular flexibility index (Phi) is 5.74. The lowest BCUT2D eigenvalue weighted by molar-refractivity contribution is -0.139. The molecule has 1 amide bonds. The highest BCUT2D eigenvalue weighted by Crippen LogP contribution is 2.37. The van der Waals surface area contributed by atoms with E-state index in [-0.39, 0.29) is 12.3 Å². The molecule has 0 radical (unpaired) electrons. The van der Waals surface area contributed by atoms with Gasteiger partial charge in [0.1, 0.15) is 5.54 Å². The van der Waals surface area contributed by atoms with Crippen LogP contribution in [0.3, 0.4) is 0 Å². The van der Waals surface area contributed by atoms with Crippen molar-refractivity contribution in [3.63, 3.8) is 0 Å². The largest absolute Gasteiger partial charge is 0.481 e. The van der Waals surface area contributed by atoms with Gasteiger partial charge < -0.3 is 10.4 Å². The van der Waals surface area contributed by atoms with Crippen LogP contribution in [-0.4, -0.2) is 40.5 Å². The van der Waals surface area contributed by atoms with Crippen LogP contribution in [-0.2, 0) is 9.59 Å². The van der Waals surface area contributed by atoms with Gasteiger partial charge in [-0.25, -0.2) is 0 Å². The molecule has 1 aromatic rings. The van der Waals surface area contributed by atoms with E-state index in [1.54, 1.807) is 0 Å². The summed E-state index contributed by atoms with van der Waals surface area (Å²) >= 11 is 0. The first-order valence-corrected chi connectivity index (χ1v) is 9.44. The standard InChI is InChI=1S/C20H28N2O3/c23-18(24)15-17(16-9-3-1-4-10-16)21-19(25)20(11-5-2-6-12-20)22-13-7-8-14-22/h1,3-4,9-10,17H,2,5-8,11-15H2,(H,21,25)(H,23,24)/t17-/m1/s1. The number of carboxylic acids is 1. The Morgan fingerprint density at radius 1 is 1.04 bits per heavy atom. The number of aliphatic carboxylic acids is 1. The summed E-state index contributed by atoms with van der Waals surface area (Å²) in [7, 11) is 0. The van der Waals surface area contributed by atoms with Crippen LogP contribution >= 0.6 is 0 Å². The maximum Gasteiger partial charge on any atom is 0.305 e. The van der Waals surface area contributed by atoms with E-state index in [0.717, 1.165) is 57.2 Å². The van der Waals surface area contributed by atoms with Crippen LogP contribution in [0.5, 0.6) is 0 Å². The number of hydrogen-bond acceptors (Lipinski definition) is 3. The minimum atomic E-state index is -0.895. The van der Waals surface area contributed by atoms with Crippen LogP contribution in [0.2, 0.25) is 0 Å². The summed E-state index contributed by atoms with van der Waals surface area (Å²) in [5.74, 6) is -0.878. The maximum atomic E-state index is 13.3. The van der Waals surface area contributed by atoms with Crippen molar-refractivity contribution in [3.8, 4) is 0 Å². The minimum absolute atomic E-state index is 0.0178. The summed E-state index contributed by atoms with van der Waals surface area (Å²) in [6.07, 6.45) is 7.28. The second kappa shape index (κ2) is 8.00. The fraction of sp³-hybridized carbons (Fsp3) is 0.600. The summed E-state index contributed by atoms with van der Waals surface area (Å²) < 4.78 is 0. The molecule has 1 saturated heterocycles. The number of carbonyl (C=O) groups is 2. The molecule has 1 aliphatic heterocycles. The third kappa shape index (κ3) is 4.03. The Hall–Kier alpha value is -1.88. The first kappa shape index (κ1) is 17.9. The second-order valence-corrected chi connectivity index (χ2v) is 7.32. The number of benzene rings is 1. The highest BCUT2D eigenvalue weighted by molar-refractivity contribution is 5.87. The van der Waals surface area contributed by atoms with Crippen molar-refractivity contribution in [1.82, 2.24) is 10.2 Å². The van der Waals surface area contributed by atoms with Gasteiger partial charge in [-0.1, -0.05) is 49.6 Å².